The molecule has 0 bridgehead atoms. The molecule has 0 spiro atoms. The summed E-state index contributed by atoms with van der Waals surface area (Å²) in [5.74, 6) is -0.221. The van der Waals surface area contributed by atoms with Gasteiger partial charge in [-0.05, 0) is 37.3 Å². The van der Waals surface area contributed by atoms with Crippen molar-refractivity contribution in [2.24, 2.45) is 0 Å². The Balaban J connectivity index is 2.20. The summed E-state index contributed by atoms with van der Waals surface area (Å²) < 4.78 is 1.65. The Morgan fingerprint density at radius 3 is 2.86 bits per heavy atom. The lowest BCUT2D eigenvalue weighted by molar-refractivity contribution is 0.0947. The van der Waals surface area contributed by atoms with Gasteiger partial charge in [-0.15, -0.1) is 6.58 Å². The molecule has 0 saturated heterocycles. The van der Waals surface area contributed by atoms with E-state index in [1.165, 1.54) is 0 Å². The van der Waals surface area contributed by atoms with Gasteiger partial charge in [0.05, 0.1) is 0 Å². The first-order valence-corrected chi connectivity index (χ1v) is 7.17. The fourth-order valence-electron chi connectivity index (χ4n) is 2.56. The van der Waals surface area contributed by atoms with Gasteiger partial charge in [-0.25, -0.2) is 0 Å². The highest BCUT2D eigenvalue weighted by atomic mass is 16.2. The molecule has 108 valence electrons. The first-order valence-electron chi connectivity index (χ1n) is 7.17. The van der Waals surface area contributed by atoms with Crippen molar-refractivity contribution >= 4 is 16.7 Å². The third kappa shape index (κ3) is 2.49. The largest absolute Gasteiger partial charge is 0.347 e. The number of nitrogens with one attached hydrogen (secondary N) is 1. The highest BCUT2D eigenvalue weighted by molar-refractivity contribution is 5.97. The molecule has 4 nitrogen and oxygen atoms in total. The summed E-state index contributed by atoms with van der Waals surface area (Å²) in [6.45, 7) is 5.95. The highest BCUT2D eigenvalue weighted by Crippen LogP contribution is 2.35. The lowest BCUT2D eigenvalue weighted by Gasteiger charge is -2.13. The van der Waals surface area contributed by atoms with E-state index in [9.17, 15) is 9.59 Å². The van der Waals surface area contributed by atoms with Crippen LogP contribution in [0.15, 0.2) is 41.7 Å². The number of aryl methyl sites for hydroxylation is 1. The molecule has 1 N–H and O–H groups in total. The molecule has 1 aliphatic rings. The van der Waals surface area contributed by atoms with E-state index < -0.39 is 0 Å². The average molecular weight is 282 g/mol. The number of amides is 1. The molecule has 4 heteroatoms. The molecule has 0 unspecified atom stereocenters. The van der Waals surface area contributed by atoms with Gasteiger partial charge >= 0.3 is 0 Å². The Morgan fingerprint density at radius 2 is 2.19 bits per heavy atom. The van der Waals surface area contributed by atoms with Crippen LogP contribution in [0.4, 0.5) is 0 Å². The minimum Gasteiger partial charge on any atom is -0.347 e. The third-order valence-corrected chi connectivity index (χ3v) is 3.76. The number of rotatable bonds is 4. The van der Waals surface area contributed by atoms with Crippen molar-refractivity contribution in [3.8, 4) is 0 Å². The molecule has 0 aliphatic heterocycles. The molecule has 1 aromatic heterocycles. The van der Waals surface area contributed by atoms with Crippen LogP contribution in [0.1, 0.15) is 34.9 Å². The highest BCUT2D eigenvalue weighted by Gasteiger charge is 2.29. The molecule has 1 amide bonds. The zero-order valence-corrected chi connectivity index (χ0v) is 12.1. The quantitative estimate of drug-likeness (QED) is 0.876. The minimum atomic E-state index is -0.221. The van der Waals surface area contributed by atoms with Crippen LogP contribution in [0.3, 0.4) is 0 Å². The van der Waals surface area contributed by atoms with Crippen molar-refractivity contribution in [2.45, 2.75) is 25.8 Å². The predicted molar refractivity (Wildman–Crippen MR) is 83.7 cm³/mol. The fourth-order valence-corrected chi connectivity index (χ4v) is 2.56. The Bertz CT molecular complexity index is 785. The average Bonchev–Trinajstić information content (AvgIpc) is 3.29. The van der Waals surface area contributed by atoms with Crippen LogP contribution in [0.25, 0.3) is 10.8 Å². The molecule has 0 radical (unpaired) electrons. The number of hydrogen-bond acceptors (Lipinski definition) is 2. The van der Waals surface area contributed by atoms with Crippen LogP contribution in [0.5, 0.6) is 0 Å². The van der Waals surface area contributed by atoms with Gasteiger partial charge < -0.3 is 9.88 Å². The maximum absolute atomic E-state index is 12.7. The molecule has 0 atom stereocenters. The molecule has 1 heterocycles. The fraction of sp³-hybridized carbons (Fsp3) is 0.294. The molecule has 21 heavy (non-hydrogen) atoms. The summed E-state index contributed by atoms with van der Waals surface area (Å²) >= 11 is 0. The second-order valence-electron chi connectivity index (χ2n) is 5.53. The number of pyridine rings is 1. The van der Waals surface area contributed by atoms with Crippen molar-refractivity contribution in [3.63, 3.8) is 0 Å². The maximum Gasteiger partial charge on any atom is 0.268 e. The molecule has 1 fully saturated rings. The Kier molecular flexibility index (Phi) is 3.37. The second-order valence-corrected chi connectivity index (χ2v) is 5.53. The molecule has 1 aromatic carbocycles. The Morgan fingerprint density at radius 1 is 1.43 bits per heavy atom. The van der Waals surface area contributed by atoms with Gasteiger partial charge in [0.1, 0.15) is 5.69 Å². The summed E-state index contributed by atoms with van der Waals surface area (Å²) in [5, 5.41) is 4.25. The summed E-state index contributed by atoms with van der Waals surface area (Å²) in [6, 6.07) is 7.71. The minimum absolute atomic E-state index is 0.0672. The zero-order valence-electron chi connectivity index (χ0n) is 12.1. The number of aromatic nitrogens is 1. The van der Waals surface area contributed by atoms with Crippen molar-refractivity contribution < 1.29 is 4.79 Å². The number of hydrogen-bond donors (Lipinski definition) is 1. The lowest BCUT2D eigenvalue weighted by Crippen LogP contribution is -2.32. The number of fused-ring (bicyclic) bond motifs is 1. The summed E-state index contributed by atoms with van der Waals surface area (Å²) in [5.41, 5.74) is 1.42. The smallest absolute Gasteiger partial charge is 0.268 e. The van der Waals surface area contributed by atoms with Crippen LogP contribution < -0.4 is 10.9 Å². The van der Waals surface area contributed by atoms with E-state index in [1.807, 2.05) is 31.2 Å². The van der Waals surface area contributed by atoms with Crippen molar-refractivity contribution in [3.05, 3.63) is 58.5 Å². The van der Waals surface area contributed by atoms with Gasteiger partial charge in [-0.1, -0.05) is 23.8 Å². The van der Waals surface area contributed by atoms with Crippen LogP contribution in [0, 0.1) is 6.92 Å². The molecule has 2 aromatic rings. The monoisotopic (exact) mass is 282 g/mol. The number of benzene rings is 1. The van der Waals surface area contributed by atoms with E-state index in [2.05, 4.69) is 11.9 Å². The van der Waals surface area contributed by atoms with E-state index in [0.717, 1.165) is 23.8 Å². The van der Waals surface area contributed by atoms with E-state index in [-0.39, 0.29) is 17.5 Å². The van der Waals surface area contributed by atoms with E-state index in [4.69, 9.17) is 0 Å². The van der Waals surface area contributed by atoms with Gasteiger partial charge in [0, 0.05) is 18.0 Å². The van der Waals surface area contributed by atoms with E-state index in [0.29, 0.717) is 17.6 Å². The van der Waals surface area contributed by atoms with Crippen LogP contribution in [-0.4, -0.2) is 17.0 Å². The predicted octanol–water partition coefficient (Wildman–Crippen LogP) is 2.56. The lowest BCUT2D eigenvalue weighted by atomic mass is 10.1. The summed E-state index contributed by atoms with van der Waals surface area (Å²) in [7, 11) is 0. The van der Waals surface area contributed by atoms with Gasteiger partial charge in [0.25, 0.3) is 11.5 Å². The normalized spacial score (nSPS) is 14.1. The van der Waals surface area contributed by atoms with Crippen LogP contribution >= 0.6 is 0 Å². The molecule has 1 aliphatic carbocycles. The SMILES string of the molecule is C=CCNC(=O)c1cc2ccc(C)cc2c(=O)n1C1CC1. The Hall–Kier alpha value is -2.36. The molecule has 3 rings (SSSR count). The first kappa shape index (κ1) is 13.6. The van der Waals surface area contributed by atoms with Gasteiger partial charge in [0.2, 0.25) is 0 Å². The van der Waals surface area contributed by atoms with Gasteiger partial charge in [-0.2, -0.15) is 0 Å². The third-order valence-electron chi connectivity index (χ3n) is 3.76. The van der Waals surface area contributed by atoms with E-state index in [1.54, 1.807) is 10.6 Å². The van der Waals surface area contributed by atoms with E-state index >= 15 is 0 Å². The first-order chi connectivity index (χ1) is 10.1. The molecular formula is C17H18N2O2. The summed E-state index contributed by atoms with van der Waals surface area (Å²) in [6.07, 6.45) is 3.54. The molecular weight excluding hydrogens is 264 g/mol. The van der Waals surface area contributed by atoms with Crippen LogP contribution in [0.2, 0.25) is 0 Å². The number of carbonyl (C=O) groups excluding carboxylic acids is 1. The van der Waals surface area contributed by atoms with Gasteiger partial charge in [-0.3, -0.25) is 9.59 Å². The zero-order chi connectivity index (χ0) is 15.0. The number of nitrogens with zero attached hydrogens (tertiary/aromatic N) is 1. The van der Waals surface area contributed by atoms with Crippen LogP contribution in [-0.2, 0) is 0 Å². The van der Waals surface area contributed by atoms with Crippen molar-refractivity contribution in [1.82, 2.24) is 9.88 Å². The summed E-state index contributed by atoms with van der Waals surface area (Å²) in [4.78, 5) is 25.0. The standard InChI is InChI=1S/C17H18N2O2/c1-3-8-18-16(20)15-10-12-5-4-11(2)9-14(12)17(21)19(15)13-6-7-13/h3-5,9-10,13H,1,6-8H2,2H3,(H,18,20). The topological polar surface area (TPSA) is 51.1 Å². The maximum atomic E-state index is 12.7. The van der Waals surface area contributed by atoms with Crippen molar-refractivity contribution in [2.75, 3.05) is 6.54 Å². The van der Waals surface area contributed by atoms with Gasteiger partial charge in [0.15, 0.2) is 0 Å². The molecule has 1 saturated carbocycles. The second kappa shape index (κ2) is 5.20. The number of carbonyl (C=O) groups is 1. The Labute approximate surface area is 123 Å². The van der Waals surface area contributed by atoms with Crippen molar-refractivity contribution in [1.29, 1.82) is 0 Å².